The standard InChI is InChI=1S/C11H13F3N2O3/c12-11(13,14)8-3-1-2-7(4-8)9(17)5-16-19-6-10(15)18/h1-4,9,16-17H,5-6H2,(H2,15,18). The molecule has 0 aliphatic rings. The minimum atomic E-state index is -4.47. The van der Waals surface area contributed by atoms with Crippen molar-refractivity contribution in [3.05, 3.63) is 35.4 Å². The van der Waals surface area contributed by atoms with Crippen molar-refractivity contribution < 1.29 is 27.9 Å². The van der Waals surface area contributed by atoms with Crippen molar-refractivity contribution in [2.45, 2.75) is 12.3 Å². The highest BCUT2D eigenvalue weighted by atomic mass is 19.4. The molecule has 8 heteroatoms. The number of alkyl halides is 3. The van der Waals surface area contributed by atoms with E-state index in [1.807, 2.05) is 0 Å². The number of primary amides is 1. The fourth-order valence-electron chi connectivity index (χ4n) is 1.30. The van der Waals surface area contributed by atoms with Gasteiger partial charge in [-0.25, -0.2) is 0 Å². The summed E-state index contributed by atoms with van der Waals surface area (Å²) in [5, 5.41) is 9.65. The van der Waals surface area contributed by atoms with Crippen molar-refractivity contribution in [1.29, 1.82) is 0 Å². The van der Waals surface area contributed by atoms with E-state index in [1.54, 1.807) is 0 Å². The summed E-state index contributed by atoms with van der Waals surface area (Å²) in [6.45, 7) is -0.566. The second kappa shape index (κ2) is 6.50. The molecule has 5 nitrogen and oxygen atoms in total. The zero-order valence-electron chi connectivity index (χ0n) is 9.78. The summed E-state index contributed by atoms with van der Waals surface area (Å²) in [5.41, 5.74) is 6.28. The Morgan fingerprint density at radius 3 is 2.74 bits per heavy atom. The summed E-state index contributed by atoms with van der Waals surface area (Å²) < 4.78 is 37.4. The molecule has 106 valence electrons. The number of halogens is 3. The summed E-state index contributed by atoms with van der Waals surface area (Å²) in [7, 11) is 0. The van der Waals surface area contributed by atoms with Crippen molar-refractivity contribution in [1.82, 2.24) is 5.48 Å². The monoisotopic (exact) mass is 278 g/mol. The van der Waals surface area contributed by atoms with Gasteiger partial charge in [-0.2, -0.15) is 18.7 Å². The highest BCUT2D eigenvalue weighted by molar-refractivity contribution is 5.74. The Labute approximate surface area is 107 Å². The molecule has 0 aliphatic heterocycles. The molecule has 1 aromatic rings. The van der Waals surface area contributed by atoms with Gasteiger partial charge in [-0.1, -0.05) is 12.1 Å². The van der Waals surface area contributed by atoms with E-state index >= 15 is 0 Å². The van der Waals surface area contributed by atoms with Crippen LogP contribution < -0.4 is 11.2 Å². The predicted molar refractivity (Wildman–Crippen MR) is 59.6 cm³/mol. The van der Waals surface area contributed by atoms with E-state index in [4.69, 9.17) is 5.73 Å². The van der Waals surface area contributed by atoms with Crippen molar-refractivity contribution in [3.63, 3.8) is 0 Å². The number of aliphatic hydroxyl groups excluding tert-OH is 1. The quantitative estimate of drug-likeness (QED) is 0.529. The van der Waals surface area contributed by atoms with Gasteiger partial charge in [-0.15, -0.1) is 0 Å². The number of hydroxylamine groups is 1. The summed E-state index contributed by atoms with van der Waals surface area (Å²) in [4.78, 5) is 14.9. The fraction of sp³-hybridized carbons (Fsp3) is 0.364. The van der Waals surface area contributed by atoms with E-state index in [0.717, 1.165) is 12.1 Å². The van der Waals surface area contributed by atoms with Crippen LogP contribution in [0.15, 0.2) is 24.3 Å². The Balaban J connectivity index is 2.57. The number of carbonyl (C=O) groups is 1. The Bertz CT molecular complexity index is 437. The summed E-state index contributed by atoms with van der Waals surface area (Å²) in [6.07, 6.45) is -5.67. The van der Waals surface area contributed by atoms with Crippen LogP contribution in [0.1, 0.15) is 17.2 Å². The van der Waals surface area contributed by atoms with Gasteiger partial charge in [0.15, 0.2) is 0 Å². The molecular formula is C11H13F3N2O3. The van der Waals surface area contributed by atoms with E-state index in [2.05, 4.69) is 10.3 Å². The lowest BCUT2D eigenvalue weighted by atomic mass is 10.1. The van der Waals surface area contributed by atoms with E-state index < -0.39 is 30.4 Å². The molecule has 4 N–H and O–H groups in total. The maximum atomic E-state index is 12.5. The number of hydrogen-bond acceptors (Lipinski definition) is 4. The van der Waals surface area contributed by atoms with E-state index in [-0.39, 0.29) is 12.1 Å². The van der Waals surface area contributed by atoms with Gasteiger partial charge in [0.25, 0.3) is 0 Å². The molecule has 1 amide bonds. The highest BCUT2D eigenvalue weighted by Crippen LogP contribution is 2.30. The highest BCUT2D eigenvalue weighted by Gasteiger charge is 2.30. The molecule has 1 atom stereocenters. The van der Waals surface area contributed by atoms with Gasteiger partial charge in [-0.05, 0) is 17.7 Å². The minimum Gasteiger partial charge on any atom is -0.387 e. The lowest BCUT2D eigenvalue weighted by Gasteiger charge is -2.14. The second-order valence-corrected chi connectivity index (χ2v) is 3.74. The van der Waals surface area contributed by atoms with Crippen LogP contribution >= 0.6 is 0 Å². The maximum absolute atomic E-state index is 12.5. The Morgan fingerprint density at radius 1 is 1.47 bits per heavy atom. The average molecular weight is 278 g/mol. The van der Waals surface area contributed by atoms with Gasteiger partial charge in [0.05, 0.1) is 18.2 Å². The smallest absolute Gasteiger partial charge is 0.387 e. The van der Waals surface area contributed by atoms with Crippen LogP contribution in [0.4, 0.5) is 13.2 Å². The third-order valence-corrected chi connectivity index (χ3v) is 2.19. The zero-order valence-corrected chi connectivity index (χ0v) is 9.78. The fourth-order valence-corrected chi connectivity index (χ4v) is 1.30. The SMILES string of the molecule is NC(=O)CONCC(O)c1cccc(C(F)(F)F)c1. The van der Waals surface area contributed by atoms with Gasteiger partial charge >= 0.3 is 6.18 Å². The third-order valence-electron chi connectivity index (χ3n) is 2.19. The molecule has 0 spiro atoms. The molecule has 1 aromatic carbocycles. The number of hydrogen-bond donors (Lipinski definition) is 3. The first-order chi connectivity index (χ1) is 8.80. The number of amides is 1. The van der Waals surface area contributed by atoms with Gasteiger partial charge in [0.1, 0.15) is 6.61 Å². The van der Waals surface area contributed by atoms with Crippen LogP contribution in [-0.2, 0) is 15.8 Å². The largest absolute Gasteiger partial charge is 0.416 e. The first kappa shape index (κ1) is 15.4. The van der Waals surface area contributed by atoms with Gasteiger partial charge < -0.3 is 10.8 Å². The Kier molecular flexibility index (Phi) is 5.28. The van der Waals surface area contributed by atoms with Crippen LogP contribution in [0.2, 0.25) is 0 Å². The predicted octanol–water partition coefficient (Wildman–Crippen LogP) is 0.745. The lowest BCUT2D eigenvalue weighted by Crippen LogP contribution is -2.28. The molecule has 19 heavy (non-hydrogen) atoms. The number of nitrogens with one attached hydrogen (secondary N) is 1. The Morgan fingerprint density at radius 2 is 2.16 bits per heavy atom. The lowest BCUT2D eigenvalue weighted by molar-refractivity contribution is -0.137. The molecular weight excluding hydrogens is 265 g/mol. The summed E-state index contributed by atoms with van der Waals surface area (Å²) in [5.74, 6) is -0.707. The van der Waals surface area contributed by atoms with Crippen molar-refractivity contribution in [2.75, 3.05) is 13.2 Å². The molecule has 0 radical (unpaired) electrons. The summed E-state index contributed by atoms with van der Waals surface area (Å²) in [6, 6.07) is 4.31. The molecule has 0 saturated heterocycles. The normalized spacial score (nSPS) is 13.3. The first-order valence-corrected chi connectivity index (χ1v) is 5.29. The minimum absolute atomic E-state index is 0.0880. The number of carbonyl (C=O) groups excluding carboxylic acids is 1. The molecule has 0 aliphatic carbocycles. The molecule has 1 rings (SSSR count). The zero-order chi connectivity index (χ0) is 14.5. The van der Waals surface area contributed by atoms with E-state index in [1.165, 1.54) is 12.1 Å². The third kappa shape index (κ3) is 5.25. The molecule has 1 unspecified atom stereocenters. The molecule has 0 bridgehead atoms. The van der Waals surface area contributed by atoms with Crippen LogP contribution in [0.5, 0.6) is 0 Å². The number of nitrogens with two attached hydrogens (primary N) is 1. The van der Waals surface area contributed by atoms with Crippen LogP contribution in [-0.4, -0.2) is 24.2 Å². The average Bonchev–Trinajstić information content (AvgIpc) is 2.33. The number of rotatable bonds is 6. The molecule has 0 aromatic heterocycles. The molecule has 0 heterocycles. The van der Waals surface area contributed by atoms with Gasteiger partial charge in [-0.3, -0.25) is 9.63 Å². The Hall–Kier alpha value is -1.64. The van der Waals surface area contributed by atoms with E-state index in [0.29, 0.717) is 0 Å². The van der Waals surface area contributed by atoms with Gasteiger partial charge in [0.2, 0.25) is 5.91 Å². The summed E-state index contributed by atoms with van der Waals surface area (Å²) >= 11 is 0. The molecule has 0 saturated carbocycles. The van der Waals surface area contributed by atoms with Crippen molar-refractivity contribution >= 4 is 5.91 Å². The van der Waals surface area contributed by atoms with Crippen LogP contribution in [0.3, 0.4) is 0 Å². The number of aliphatic hydroxyl groups is 1. The van der Waals surface area contributed by atoms with E-state index in [9.17, 15) is 23.1 Å². The number of benzene rings is 1. The van der Waals surface area contributed by atoms with Crippen molar-refractivity contribution in [3.8, 4) is 0 Å². The maximum Gasteiger partial charge on any atom is 0.416 e. The van der Waals surface area contributed by atoms with Crippen molar-refractivity contribution in [2.24, 2.45) is 5.73 Å². The van der Waals surface area contributed by atoms with Crippen LogP contribution in [0.25, 0.3) is 0 Å². The van der Waals surface area contributed by atoms with Crippen LogP contribution in [0, 0.1) is 0 Å². The first-order valence-electron chi connectivity index (χ1n) is 5.29. The van der Waals surface area contributed by atoms with Gasteiger partial charge in [0, 0.05) is 0 Å². The molecule has 0 fully saturated rings. The topological polar surface area (TPSA) is 84.6 Å². The second-order valence-electron chi connectivity index (χ2n) is 3.74.